The highest BCUT2D eigenvalue weighted by atomic mass is 19.4. The monoisotopic (exact) mass is 288 g/mol. The fourth-order valence-electron chi connectivity index (χ4n) is 1.33. The highest BCUT2D eigenvalue weighted by molar-refractivity contribution is 5.75. The molecule has 0 fully saturated rings. The standard InChI is InChI=1S/C13H15F3N2O2/c1-3-9(2)18-12(19)17-8-10-5-4-6-11(7-10)20-13(14,15)16/h4-7H,2-3,8H2,1H3,(H2,17,18,19). The number of carbonyl (C=O) groups is 1. The second kappa shape index (κ2) is 6.83. The largest absolute Gasteiger partial charge is 0.573 e. The summed E-state index contributed by atoms with van der Waals surface area (Å²) in [6.45, 7) is 5.52. The summed E-state index contributed by atoms with van der Waals surface area (Å²) >= 11 is 0. The Hall–Kier alpha value is -2.18. The first-order chi connectivity index (χ1) is 9.30. The summed E-state index contributed by atoms with van der Waals surface area (Å²) in [4.78, 5) is 11.4. The molecule has 0 aliphatic rings. The van der Waals surface area contributed by atoms with Crippen LogP contribution in [0.5, 0.6) is 5.75 Å². The Labute approximate surface area is 114 Å². The molecule has 4 nitrogen and oxygen atoms in total. The molecule has 0 heterocycles. The molecule has 2 amide bonds. The molecule has 2 N–H and O–H groups in total. The van der Waals surface area contributed by atoms with Crippen LogP contribution in [-0.4, -0.2) is 12.4 Å². The van der Waals surface area contributed by atoms with Crippen LogP contribution >= 0.6 is 0 Å². The van der Waals surface area contributed by atoms with Crippen molar-refractivity contribution in [2.45, 2.75) is 26.3 Å². The second-order valence-electron chi connectivity index (χ2n) is 3.96. The van der Waals surface area contributed by atoms with Gasteiger partial charge in [-0.15, -0.1) is 13.2 Å². The van der Waals surface area contributed by atoms with E-state index in [2.05, 4.69) is 21.9 Å². The van der Waals surface area contributed by atoms with E-state index < -0.39 is 12.4 Å². The first-order valence-corrected chi connectivity index (χ1v) is 5.87. The molecule has 1 rings (SSSR count). The normalized spacial score (nSPS) is 10.8. The van der Waals surface area contributed by atoms with Gasteiger partial charge in [0.1, 0.15) is 5.75 Å². The highest BCUT2D eigenvalue weighted by Crippen LogP contribution is 2.23. The Balaban J connectivity index is 2.54. The van der Waals surface area contributed by atoms with E-state index in [0.717, 1.165) is 0 Å². The Morgan fingerprint density at radius 2 is 2.10 bits per heavy atom. The van der Waals surface area contributed by atoms with E-state index in [1.165, 1.54) is 18.2 Å². The third-order valence-electron chi connectivity index (χ3n) is 2.30. The van der Waals surface area contributed by atoms with E-state index in [1.807, 2.05) is 6.92 Å². The number of hydrogen-bond acceptors (Lipinski definition) is 2. The molecule has 7 heteroatoms. The molecule has 0 aromatic heterocycles. The van der Waals surface area contributed by atoms with Gasteiger partial charge in [0.05, 0.1) is 0 Å². The van der Waals surface area contributed by atoms with Gasteiger partial charge in [-0.1, -0.05) is 25.6 Å². The fourth-order valence-corrected chi connectivity index (χ4v) is 1.33. The van der Waals surface area contributed by atoms with Crippen LogP contribution in [-0.2, 0) is 6.54 Å². The minimum Gasteiger partial charge on any atom is -0.406 e. The SMILES string of the molecule is C=C(CC)NC(=O)NCc1cccc(OC(F)(F)F)c1. The predicted octanol–water partition coefficient (Wildman–Crippen LogP) is 3.31. The number of halogens is 3. The molecule has 0 bridgehead atoms. The van der Waals surface area contributed by atoms with Gasteiger partial charge in [0.25, 0.3) is 0 Å². The van der Waals surface area contributed by atoms with Crippen LogP contribution < -0.4 is 15.4 Å². The zero-order chi connectivity index (χ0) is 15.2. The number of allylic oxidation sites excluding steroid dienone is 1. The third kappa shape index (κ3) is 6.12. The van der Waals surface area contributed by atoms with Crippen LogP contribution in [0.1, 0.15) is 18.9 Å². The molecule has 0 aliphatic carbocycles. The highest BCUT2D eigenvalue weighted by Gasteiger charge is 2.31. The maximum Gasteiger partial charge on any atom is 0.573 e. The molecule has 0 saturated carbocycles. The molecule has 0 spiro atoms. The second-order valence-corrected chi connectivity index (χ2v) is 3.96. The van der Waals surface area contributed by atoms with Crippen molar-refractivity contribution in [1.29, 1.82) is 0 Å². The third-order valence-corrected chi connectivity index (χ3v) is 2.30. The maximum atomic E-state index is 12.1. The zero-order valence-corrected chi connectivity index (χ0v) is 10.9. The quantitative estimate of drug-likeness (QED) is 0.873. The number of carbonyl (C=O) groups excluding carboxylic acids is 1. The number of nitrogens with one attached hydrogen (secondary N) is 2. The molecule has 0 radical (unpaired) electrons. The molecule has 0 atom stereocenters. The lowest BCUT2D eigenvalue weighted by Gasteiger charge is -2.11. The smallest absolute Gasteiger partial charge is 0.406 e. The van der Waals surface area contributed by atoms with Crippen molar-refractivity contribution < 1.29 is 22.7 Å². The van der Waals surface area contributed by atoms with Gasteiger partial charge >= 0.3 is 12.4 Å². The molecule has 0 saturated heterocycles. The van der Waals surface area contributed by atoms with Crippen LogP contribution in [0.2, 0.25) is 0 Å². The number of alkyl halides is 3. The first kappa shape index (κ1) is 15.9. The van der Waals surface area contributed by atoms with E-state index in [4.69, 9.17) is 0 Å². The van der Waals surface area contributed by atoms with Crippen LogP contribution in [0.15, 0.2) is 36.5 Å². The lowest BCUT2D eigenvalue weighted by molar-refractivity contribution is -0.274. The Kier molecular flexibility index (Phi) is 5.42. The number of hydrogen-bond donors (Lipinski definition) is 2. The van der Waals surface area contributed by atoms with Crippen molar-refractivity contribution in [2.75, 3.05) is 0 Å². The summed E-state index contributed by atoms with van der Waals surface area (Å²) in [5.41, 5.74) is 1.04. The molecule has 1 aromatic rings. The van der Waals surface area contributed by atoms with Gasteiger partial charge in [0, 0.05) is 12.2 Å². The summed E-state index contributed by atoms with van der Waals surface area (Å²) in [7, 11) is 0. The van der Waals surface area contributed by atoms with Gasteiger partial charge in [-0.05, 0) is 24.1 Å². The lowest BCUT2D eigenvalue weighted by atomic mass is 10.2. The van der Waals surface area contributed by atoms with Crippen LogP contribution in [0, 0.1) is 0 Å². The summed E-state index contributed by atoms with van der Waals surface area (Å²) in [5.74, 6) is -0.324. The first-order valence-electron chi connectivity index (χ1n) is 5.87. The van der Waals surface area contributed by atoms with Crippen molar-refractivity contribution in [1.82, 2.24) is 10.6 Å². The average molecular weight is 288 g/mol. The summed E-state index contributed by atoms with van der Waals surface area (Å²) in [6, 6.07) is 4.94. The van der Waals surface area contributed by atoms with Crippen molar-refractivity contribution in [3.8, 4) is 5.75 Å². The molecule has 1 aromatic carbocycles. The lowest BCUT2D eigenvalue weighted by Crippen LogP contribution is -2.34. The minimum atomic E-state index is -4.73. The van der Waals surface area contributed by atoms with Crippen LogP contribution in [0.25, 0.3) is 0 Å². The van der Waals surface area contributed by atoms with E-state index in [1.54, 1.807) is 6.07 Å². The van der Waals surface area contributed by atoms with Gasteiger partial charge in [0.15, 0.2) is 0 Å². The summed E-state index contributed by atoms with van der Waals surface area (Å²) in [5, 5.41) is 5.00. The van der Waals surface area contributed by atoms with Gasteiger partial charge in [0.2, 0.25) is 0 Å². The topological polar surface area (TPSA) is 50.4 Å². The maximum absolute atomic E-state index is 12.1. The van der Waals surface area contributed by atoms with Crippen molar-refractivity contribution in [3.05, 3.63) is 42.1 Å². The summed E-state index contributed by atoms with van der Waals surface area (Å²) in [6.07, 6.45) is -4.13. The molecule has 110 valence electrons. The van der Waals surface area contributed by atoms with Crippen LogP contribution in [0.4, 0.5) is 18.0 Å². The minimum absolute atomic E-state index is 0.0812. The Morgan fingerprint density at radius 1 is 1.40 bits per heavy atom. The predicted molar refractivity (Wildman–Crippen MR) is 67.9 cm³/mol. The molecule has 20 heavy (non-hydrogen) atoms. The van der Waals surface area contributed by atoms with E-state index in [0.29, 0.717) is 17.7 Å². The van der Waals surface area contributed by atoms with Gasteiger partial charge in [-0.2, -0.15) is 0 Å². The Morgan fingerprint density at radius 3 is 2.70 bits per heavy atom. The number of urea groups is 1. The summed E-state index contributed by atoms with van der Waals surface area (Å²) < 4.78 is 40.0. The van der Waals surface area contributed by atoms with Crippen LogP contribution in [0.3, 0.4) is 0 Å². The van der Waals surface area contributed by atoms with Crippen molar-refractivity contribution in [3.63, 3.8) is 0 Å². The molecular weight excluding hydrogens is 273 g/mol. The Bertz CT molecular complexity index is 487. The molecule has 0 aliphatic heterocycles. The number of benzene rings is 1. The molecular formula is C13H15F3N2O2. The van der Waals surface area contributed by atoms with E-state index in [-0.39, 0.29) is 12.3 Å². The molecule has 0 unspecified atom stereocenters. The van der Waals surface area contributed by atoms with E-state index >= 15 is 0 Å². The van der Waals surface area contributed by atoms with Gasteiger partial charge in [-0.25, -0.2) is 4.79 Å². The van der Waals surface area contributed by atoms with Crippen molar-refractivity contribution >= 4 is 6.03 Å². The number of amides is 2. The van der Waals surface area contributed by atoms with E-state index in [9.17, 15) is 18.0 Å². The number of ether oxygens (including phenoxy) is 1. The number of rotatable bonds is 5. The fraction of sp³-hybridized carbons (Fsp3) is 0.308. The van der Waals surface area contributed by atoms with Gasteiger partial charge in [-0.3, -0.25) is 0 Å². The van der Waals surface area contributed by atoms with Crippen molar-refractivity contribution in [2.24, 2.45) is 0 Å². The zero-order valence-electron chi connectivity index (χ0n) is 10.9. The average Bonchev–Trinajstić information content (AvgIpc) is 2.34. The van der Waals surface area contributed by atoms with Gasteiger partial charge < -0.3 is 15.4 Å².